The maximum atomic E-state index is 14.0. The Morgan fingerprint density at radius 1 is 1.56 bits per heavy atom. The molecule has 0 atom stereocenters. The van der Waals surface area contributed by atoms with Crippen molar-refractivity contribution in [2.45, 2.75) is 6.92 Å². The van der Waals surface area contributed by atoms with Crippen LogP contribution in [0.5, 0.6) is 0 Å². The van der Waals surface area contributed by atoms with Crippen LogP contribution in [0.1, 0.15) is 16.1 Å². The number of carboxylic acids is 1. The number of benzene rings is 1. The first kappa shape index (κ1) is 13.0. The van der Waals surface area contributed by atoms with Gasteiger partial charge >= 0.3 is 5.97 Å². The molecular weight excluding hydrogens is 326 g/mol. The Balaban J connectivity index is 2.60. The van der Waals surface area contributed by atoms with Crippen LogP contribution in [0.2, 0.25) is 5.02 Å². The van der Waals surface area contributed by atoms with Gasteiger partial charge in [-0.3, -0.25) is 0 Å². The van der Waals surface area contributed by atoms with Gasteiger partial charge in [0.2, 0.25) is 0 Å². The van der Waals surface area contributed by atoms with Crippen molar-refractivity contribution in [2.24, 2.45) is 0 Å². The van der Waals surface area contributed by atoms with Gasteiger partial charge in [-0.05, 0) is 35.0 Å². The van der Waals surface area contributed by atoms with Gasteiger partial charge < -0.3 is 5.11 Å². The summed E-state index contributed by atoms with van der Waals surface area (Å²) in [7, 11) is 0. The number of aryl methyl sites for hydroxylation is 1. The molecule has 0 bridgehead atoms. The lowest BCUT2D eigenvalue weighted by molar-refractivity contribution is 0.0695. The monoisotopic (exact) mass is 332 g/mol. The first-order valence-electron chi connectivity index (χ1n) is 4.85. The number of carboxylic acid groups (broad SMARTS) is 1. The summed E-state index contributed by atoms with van der Waals surface area (Å²) in [6.45, 7) is 1.69. The molecule has 1 N–H and O–H groups in total. The van der Waals surface area contributed by atoms with Crippen LogP contribution in [-0.4, -0.2) is 20.9 Å². The summed E-state index contributed by atoms with van der Waals surface area (Å²) in [6, 6.07) is 2.64. The Morgan fingerprint density at radius 2 is 2.22 bits per heavy atom. The predicted octanol–water partition coefficient (Wildman–Crippen LogP) is 3.43. The molecule has 18 heavy (non-hydrogen) atoms. The fourth-order valence-electron chi connectivity index (χ4n) is 1.44. The zero-order chi connectivity index (χ0) is 13.4. The number of nitrogens with zero attached hydrogens (tertiary/aromatic N) is 2. The first-order chi connectivity index (χ1) is 8.41. The molecule has 0 saturated heterocycles. The van der Waals surface area contributed by atoms with Gasteiger partial charge in [-0.1, -0.05) is 11.6 Å². The topological polar surface area (TPSA) is 55.1 Å². The molecule has 94 valence electrons. The fraction of sp³-hybridized carbons (Fsp3) is 0.0909. The van der Waals surface area contributed by atoms with E-state index in [2.05, 4.69) is 21.0 Å². The van der Waals surface area contributed by atoms with Crippen molar-refractivity contribution < 1.29 is 14.3 Å². The number of hydrogen-bond donors (Lipinski definition) is 1. The van der Waals surface area contributed by atoms with E-state index in [0.29, 0.717) is 10.7 Å². The Labute approximate surface area is 115 Å². The lowest BCUT2D eigenvalue weighted by Crippen LogP contribution is -2.04. The fourth-order valence-corrected chi connectivity index (χ4v) is 2.08. The molecular formula is C11H7BrClFN2O2. The minimum absolute atomic E-state index is 0.114. The third-order valence-electron chi connectivity index (χ3n) is 2.38. The van der Waals surface area contributed by atoms with E-state index in [9.17, 15) is 9.18 Å². The number of hydrogen-bond acceptors (Lipinski definition) is 2. The van der Waals surface area contributed by atoms with Crippen LogP contribution >= 0.6 is 27.5 Å². The van der Waals surface area contributed by atoms with E-state index in [1.54, 1.807) is 6.92 Å². The molecule has 1 aromatic carbocycles. The van der Waals surface area contributed by atoms with Crippen molar-refractivity contribution in [3.8, 4) is 5.69 Å². The third kappa shape index (κ3) is 2.13. The molecule has 0 fully saturated rings. The molecule has 0 unspecified atom stereocenters. The summed E-state index contributed by atoms with van der Waals surface area (Å²) in [4.78, 5) is 10.8. The van der Waals surface area contributed by atoms with Crippen molar-refractivity contribution in [3.05, 3.63) is 44.9 Å². The van der Waals surface area contributed by atoms with Crippen LogP contribution in [-0.2, 0) is 0 Å². The van der Waals surface area contributed by atoms with E-state index in [0.717, 1.165) is 0 Å². The number of aromatic carboxylic acids is 1. The minimum Gasteiger partial charge on any atom is -0.478 e. The molecule has 0 radical (unpaired) electrons. The van der Waals surface area contributed by atoms with Gasteiger partial charge in [0.1, 0.15) is 5.69 Å². The lowest BCUT2D eigenvalue weighted by atomic mass is 10.2. The molecule has 2 rings (SSSR count). The van der Waals surface area contributed by atoms with Crippen LogP contribution in [0.3, 0.4) is 0 Å². The maximum absolute atomic E-state index is 14.0. The second-order valence-electron chi connectivity index (χ2n) is 3.57. The summed E-state index contributed by atoms with van der Waals surface area (Å²) >= 11 is 8.77. The molecule has 0 saturated carbocycles. The van der Waals surface area contributed by atoms with Gasteiger partial charge in [0.05, 0.1) is 20.8 Å². The number of carbonyl (C=O) groups is 1. The average molecular weight is 334 g/mol. The highest BCUT2D eigenvalue weighted by atomic mass is 79.9. The van der Waals surface area contributed by atoms with Crippen molar-refractivity contribution in [1.82, 2.24) is 9.78 Å². The molecule has 0 spiro atoms. The van der Waals surface area contributed by atoms with E-state index < -0.39 is 11.8 Å². The van der Waals surface area contributed by atoms with Crippen molar-refractivity contribution >= 4 is 33.5 Å². The standard InChI is InChI=1S/C11H7BrClFN2O2/c1-5-7(13)4-16(15-5)8-3-2-6(11(17)18)9(12)10(8)14/h2-4H,1H3,(H,17,18). The Morgan fingerprint density at radius 3 is 2.72 bits per heavy atom. The average Bonchev–Trinajstić information content (AvgIpc) is 2.62. The van der Waals surface area contributed by atoms with Crippen LogP contribution in [0.15, 0.2) is 22.8 Å². The second kappa shape index (κ2) is 4.70. The van der Waals surface area contributed by atoms with Gasteiger partial charge in [0.15, 0.2) is 5.82 Å². The zero-order valence-corrected chi connectivity index (χ0v) is 11.5. The summed E-state index contributed by atoms with van der Waals surface area (Å²) in [5, 5.41) is 13.3. The maximum Gasteiger partial charge on any atom is 0.336 e. The Kier molecular flexibility index (Phi) is 3.41. The van der Waals surface area contributed by atoms with E-state index in [-0.39, 0.29) is 15.7 Å². The molecule has 0 aliphatic heterocycles. The van der Waals surface area contributed by atoms with Gasteiger partial charge in [-0.15, -0.1) is 0 Å². The highest BCUT2D eigenvalue weighted by Gasteiger charge is 2.17. The molecule has 0 aliphatic carbocycles. The van der Waals surface area contributed by atoms with Gasteiger partial charge in [0.25, 0.3) is 0 Å². The van der Waals surface area contributed by atoms with Crippen LogP contribution in [0.4, 0.5) is 4.39 Å². The largest absolute Gasteiger partial charge is 0.478 e. The van der Waals surface area contributed by atoms with Crippen molar-refractivity contribution in [3.63, 3.8) is 0 Å². The minimum atomic E-state index is -1.21. The predicted molar refractivity (Wildman–Crippen MR) is 67.9 cm³/mol. The summed E-state index contributed by atoms with van der Waals surface area (Å²) < 4.78 is 15.2. The smallest absolute Gasteiger partial charge is 0.336 e. The first-order valence-corrected chi connectivity index (χ1v) is 6.02. The van der Waals surface area contributed by atoms with Crippen LogP contribution in [0, 0.1) is 12.7 Å². The van der Waals surface area contributed by atoms with Gasteiger partial charge in [-0.25, -0.2) is 13.9 Å². The number of aromatic nitrogens is 2. The van der Waals surface area contributed by atoms with Crippen molar-refractivity contribution in [2.75, 3.05) is 0 Å². The van der Waals surface area contributed by atoms with Crippen LogP contribution in [0.25, 0.3) is 5.69 Å². The van der Waals surface area contributed by atoms with E-state index in [1.807, 2.05) is 0 Å². The SMILES string of the molecule is Cc1nn(-c2ccc(C(=O)O)c(Br)c2F)cc1Cl. The summed E-state index contributed by atoms with van der Waals surface area (Å²) in [5.41, 5.74) is 0.544. The van der Waals surface area contributed by atoms with Gasteiger partial charge in [0, 0.05) is 6.20 Å². The Bertz CT molecular complexity index is 623. The summed E-state index contributed by atoms with van der Waals surface area (Å²) in [5.74, 6) is -1.91. The number of rotatable bonds is 2. The van der Waals surface area contributed by atoms with Crippen molar-refractivity contribution in [1.29, 1.82) is 0 Å². The second-order valence-corrected chi connectivity index (χ2v) is 4.77. The third-order valence-corrected chi connectivity index (χ3v) is 3.52. The molecule has 4 nitrogen and oxygen atoms in total. The van der Waals surface area contributed by atoms with Gasteiger partial charge in [-0.2, -0.15) is 5.10 Å². The lowest BCUT2D eigenvalue weighted by Gasteiger charge is -2.07. The Hall–Kier alpha value is -1.40. The van der Waals surface area contributed by atoms with E-state index >= 15 is 0 Å². The molecule has 0 aliphatic rings. The number of halogens is 3. The molecule has 7 heteroatoms. The van der Waals surface area contributed by atoms with E-state index in [4.69, 9.17) is 16.7 Å². The normalized spacial score (nSPS) is 10.7. The van der Waals surface area contributed by atoms with E-state index in [1.165, 1.54) is 23.0 Å². The highest BCUT2D eigenvalue weighted by molar-refractivity contribution is 9.10. The quantitative estimate of drug-likeness (QED) is 0.916. The molecule has 2 aromatic rings. The van der Waals surface area contributed by atoms with Crippen LogP contribution < -0.4 is 0 Å². The highest BCUT2D eigenvalue weighted by Crippen LogP contribution is 2.27. The molecule has 1 heterocycles. The molecule has 0 amide bonds. The molecule has 1 aromatic heterocycles. The summed E-state index contributed by atoms with van der Waals surface area (Å²) in [6.07, 6.45) is 1.46. The zero-order valence-electron chi connectivity index (χ0n) is 9.12.